The Kier molecular flexibility index (Phi) is 5.80. The average Bonchev–Trinajstić information content (AvgIpc) is 2.67. The normalized spacial score (nSPS) is 14.6. The second-order valence-corrected chi connectivity index (χ2v) is 6.39. The summed E-state index contributed by atoms with van der Waals surface area (Å²) in [7, 11) is 0. The minimum atomic E-state index is -0.569. The number of amides is 2. The number of nitrogens with two attached hydrogens (primary N) is 1. The summed E-state index contributed by atoms with van der Waals surface area (Å²) in [6.07, 6.45) is 1.42. The maximum atomic E-state index is 12.7. The Morgan fingerprint density at radius 1 is 1.07 bits per heavy atom. The van der Waals surface area contributed by atoms with E-state index in [-0.39, 0.29) is 24.4 Å². The number of aromatic hydroxyl groups is 1. The molecule has 1 fully saturated rings. The van der Waals surface area contributed by atoms with Gasteiger partial charge >= 0.3 is 0 Å². The van der Waals surface area contributed by atoms with Crippen LogP contribution in [0.15, 0.2) is 48.5 Å². The second kappa shape index (κ2) is 8.44. The second-order valence-electron chi connectivity index (χ2n) is 6.39. The van der Waals surface area contributed by atoms with Crippen molar-refractivity contribution in [2.24, 2.45) is 5.73 Å². The lowest BCUT2D eigenvalue weighted by Crippen LogP contribution is -2.41. The van der Waals surface area contributed by atoms with E-state index in [1.807, 2.05) is 0 Å². The van der Waals surface area contributed by atoms with Crippen molar-refractivity contribution in [2.45, 2.75) is 18.9 Å². The molecular formula is C20H22N2O5. The number of carbonyl (C=O) groups excluding carboxylic acids is 2. The molecule has 0 bridgehead atoms. The minimum Gasteiger partial charge on any atom is -0.508 e. The molecule has 7 heteroatoms. The molecule has 2 aromatic rings. The predicted octanol–water partition coefficient (Wildman–Crippen LogP) is 1.94. The smallest absolute Gasteiger partial charge is 0.255 e. The van der Waals surface area contributed by atoms with Gasteiger partial charge in [-0.05, 0) is 30.3 Å². The number of hydrogen-bond donors (Lipinski definition) is 2. The van der Waals surface area contributed by atoms with Gasteiger partial charge in [0.1, 0.15) is 23.4 Å². The Morgan fingerprint density at radius 3 is 2.48 bits per heavy atom. The number of rotatable bonds is 6. The fraction of sp³-hybridized carbons (Fsp3) is 0.300. The van der Waals surface area contributed by atoms with Gasteiger partial charge in [0.2, 0.25) is 0 Å². The van der Waals surface area contributed by atoms with E-state index in [0.717, 1.165) is 0 Å². The van der Waals surface area contributed by atoms with Gasteiger partial charge < -0.3 is 25.2 Å². The monoisotopic (exact) mass is 370 g/mol. The summed E-state index contributed by atoms with van der Waals surface area (Å²) in [5.41, 5.74) is 5.57. The number of ether oxygens (including phenoxy) is 2. The first-order valence-electron chi connectivity index (χ1n) is 8.77. The van der Waals surface area contributed by atoms with Crippen LogP contribution in [0.25, 0.3) is 0 Å². The van der Waals surface area contributed by atoms with Crippen molar-refractivity contribution in [3.05, 3.63) is 54.1 Å². The molecule has 3 N–H and O–H groups in total. The number of likely N-dealkylation sites (tertiary alicyclic amines) is 1. The van der Waals surface area contributed by atoms with Crippen LogP contribution in [0, 0.1) is 0 Å². The molecule has 0 unspecified atom stereocenters. The van der Waals surface area contributed by atoms with Crippen LogP contribution in [-0.4, -0.2) is 47.6 Å². The van der Waals surface area contributed by atoms with Crippen molar-refractivity contribution < 1.29 is 24.2 Å². The van der Waals surface area contributed by atoms with Crippen LogP contribution in [0.2, 0.25) is 0 Å². The maximum Gasteiger partial charge on any atom is 0.255 e. The highest BCUT2D eigenvalue weighted by molar-refractivity contribution is 5.94. The first-order chi connectivity index (χ1) is 13.0. The molecule has 3 rings (SSSR count). The van der Waals surface area contributed by atoms with Gasteiger partial charge in [-0.1, -0.05) is 12.1 Å². The zero-order valence-corrected chi connectivity index (χ0v) is 14.8. The fourth-order valence-electron chi connectivity index (χ4n) is 2.98. The van der Waals surface area contributed by atoms with E-state index >= 15 is 0 Å². The maximum absolute atomic E-state index is 12.7. The van der Waals surface area contributed by atoms with Crippen molar-refractivity contribution in [2.75, 3.05) is 19.7 Å². The molecule has 0 radical (unpaired) electrons. The van der Waals surface area contributed by atoms with Crippen LogP contribution >= 0.6 is 0 Å². The highest BCUT2D eigenvalue weighted by Crippen LogP contribution is 2.23. The lowest BCUT2D eigenvalue weighted by molar-refractivity contribution is -0.119. The fourth-order valence-corrected chi connectivity index (χ4v) is 2.98. The van der Waals surface area contributed by atoms with Gasteiger partial charge in [0.15, 0.2) is 6.61 Å². The third-order valence-electron chi connectivity index (χ3n) is 4.31. The number of benzene rings is 2. The third kappa shape index (κ3) is 5.13. The van der Waals surface area contributed by atoms with E-state index in [1.165, 1.54) is 0 Å². The predicted molar refractivity (Wildman–Crippen MR) is 98.8 cm³/mol. The number of carbonyl (C=O) groups is 2. The van der Waals surface area contributed by atoms with Gasteiger partial charge in [0.25, 0.3) is 11.8 Å². The highest BCUT2D eigenvalue weighted by atomic mass is 16.5. The Hall–Kier alpha value is -3.22. The summed E-state index contributed by atoms with van der Waals surface area (Å²) in [6.45, 7) is 0.929. The number of nitrogens with zero attached hydrogens (tertiary/aromatic N) is 1. The zero-order chi connectivity index (χ0) is 19.2. The molecule has 1 aliphatic heterocycles. The topological polar surface area (TPSA) is 102 Å². The molecule has 0 saturated carbocycles. The molecule has 27 heavy (non-hydrogen) atoms. The van der Waals surface area contributed by atoms with E-state index in [9.17, 15) is 14.7 Å². The first-order valence-corrected chi connectivity index (χ1v) is 8.77. The molecule has 0 aliphatic carbocycles. The van der Waals surface area contributed by atoms with Crippen LogP contribution < -0.4 is 15.2 Å². The molecule has 7 nitrogen and oxygen atoms in total. The summed E-state index contributed by atoms with van der Waals surface area (Å²) in [6, 6.07) is 13.4. The summed E-state index contributed by atoms with van der Waals surface area (Å²) < 4.78 is 11.1. The Labute approximate surface area is 157 Å². The molecule has 0 spiro atoms. The molecule has 0 atom stereocenters. The van der Waals surface area contributed by atoms with Crippen LogP contribution in [0.3, 0.4) is 0 Å². The van der Waals surface area contributed by atoms with Crippen LogP contribution in [0.1, 0.15) is 23.2 Å². The lowest BCUT2D eigenvalue weighted by Gasteiger charge is -2.32. The van der Waals surface area contributed by atoms with Gasteiger partial charge in [-0.3, -0.25) is 9.59 Å². The van der Waals surface area contributed by atoms with Crippen LogP contribution in [0.4, 0.5) is 0 Å². The quantitative estimate of drug-likeness (QED) is 0.809. The van der Waals surface area contributed by atoms with E-state index < -0.39 is 5.91 Å². The molecule has 142 valence electrons. The number of primary amides is 1. The summed E-state index contributed by atoms with van der Waals surface area (Å²) in [5, 5.41) is 9.51. The van der Waals surface area contributed by atoms with Crippen molar-refractivity contribution >= 4 is 11.8 Å². The van der Waals surface area contributed by atoms with E-state index in [1.54, 1.807) is 53.4 Å². The van der Waals surface area contributed by atoms with E-state index in [0.29, 0.717) is 43.0 Å². The Morgan fingerprint density at radius 2 is 1.78 bits per heavy atom. The van der Waals surface area contributed by atoms with Gasteiger partial charge in [0.05, 0.1) is 0 Å². The van der Waals surface area contributed by atoms with Crippen molar-refractivity contribution in [1.29, 1.82) is 0 Å². The standard InChI is InChI=1S/C20H22N2O5/c21-19(24)13-26-17-5-1-3-14(11-17)20(25)22-9-7-16(8-10-22)27-18-6-2-4-15(23)12-18/h1-6,11-12,16,23H,7-10,13H2,(H2,21,24). The van der Waals surface area contributed by atoms with Gasteiger partial charge in [-0.25, -0.2) is 0 Å². The van der Waals surface area contributed by atoms with E-state index in [2.05, 4.69) is 0 Å². The summed E-state index contributed by atoms with van der Waals surface area (Å²) in [4.78, 5) is 25.3. The molecule has 1 aliphatic rings. The molecule has 1 saturated heterocycles. The number of phenolic OH excluding ortho intramolecular Hbond substituents is 1. The summed E-state index contributed by atoms with van der Waals surface area (Å²) in [5.74, 6) is 0.565. The van der Waals surface area contributed by atoms with Crippen molar-refractivity contribution in [3.8, 4) is 17.2 Å². The largest absolute Gasteiger partial charge is 0.508 e. The zero-order valence-electron chi connectivity index (χ0n) is 14.8. The Bertz CT molecular complexity index is 816. The van der Waals surface area contributed by atoms with E-state index in [4.69, 9.17) is 15.2 Å². The van der Waals surface area contributed by atoms with Crippen LogP contribution in [-0.2, 0) is 4.79 Å². The Balaban J connectivity index is 1.55. The lowest BCUT2D eigenvalue weighted by atomic mass is 10.1. The molecule has 0 aromatic heterocycles. The van der Waals surface area contributed by atoms with Gasteiger partial charge in [0, 0.05) is 37.6 Å². The van der Waals surface area contributed by atoms with Gasteiger partial charge in [-0.15, -0.1) is 0 Å². The summed E-state index contributed by atoms with van der Waals surface area (Å²) >= 11 is 0. The average molecular weight is 370 g/mol. The number of piperidine rings is 1. The van der Waals surface area contributed by atoms with Crippen molar-refractivity contribution in [3.63, 3.8) is 0 Å². The molecule has 2 amide bonds. The molecule has 1 heterocycles. The number of phenols is 1. The minimum absolute atomic E-state index is 0.00100. The molecular weight excluding hydrogens is 348 g/mol. The highest BCUT2D eigenvalue weighted by Gasteiger charge is 2.25. The van der Waals surface area contributed by atoms with Crippen LogP contribution in [0.5, 0.6) is 17.2 Å². The molecule has 2 aromatic carbocycles. The first kappa shape index (κ1) is 18.6. The SMILES string of the molecule is NC(=O)COc1cccc(C(=O)N2CCC(Oc3cccc(O)c3)CC2)c1. The third-order valence-corrected chi connectivity index (χ3v) is 4.31. The van der Waals surface area contributed by atoms with Gasteiger partial charge in [-0.2, -0.15) is 0 Å². The number of hydrogen-bond acceptors (Lipinski definition) is 5. The van der Waals surface area contributed by atoms with Crippen molar-refractivity contribution in [1.82, 2.24) is 4.90 Å².